The summed E-state index contributed by atoms with van der Waals surface area (Å²) in [6, 6.07) is 16.9. The summed E-state index contributed by atoms with van der Waals surface area (Å²) in [4.78, 5) is 12.6. The molecule has 0 amide bonds. The Hall–Kier alpha value is -4.39. The first-order chi connectivity index (χ1) is 18.0. The molecule has 0 fully saturated rings. The van der Waals surface area contributed by atoms with E-state index in [1.807, 2.05) is 42.5 Å². The molecule has 0 atom stereocenters. The summed E-state index contributed by atoms with van der Waals surface area (Å²) in [5.41, 5.74) is 6.80. The summed E-state index contributed by atoms with van der Waals surface area (Å²) in [5.74, 6) is 2.67. The largest absolute Gasteiger partial charge is 0.507 e. The molecular weight excluding hydrogens is 470 g/mol. The standard InChI is InChI=1S/C30H29NO6/c1-34-25-10-9-18(14-26(25)35-2)13-22-29(20-7-5-6-8-24(20)33)23(17-32)31-12-11-19-15-27(36-3)28(37-4)16-21(19)30(22)31/h5-10,14-17,33H,11-13H2,1-4H3. The number of ether oxygens (including phenoxy) is 4. The number of aryl methyl sites for hydroxylation is 1. The fraction of sp³-hybridized carbons (Fsp3) is 0.233. The highest BCUT2D eigenvalue weighted by atomic mass is 16.5. The van der Waals surface area contributed by atoms with Crippen molar-refractivity contribution in [3.05, 3.63) is 77.0 Å². The number of fused-ring (bicyclic) bond motifs is 3. The maximum Gasteiger partial charge on any atom is 0.167 e. The van der Waals surface area contributed by atoms with Crippen LogP contribution in [0.5, 0.6) is 28.7 Å². The van der Waals surface area contributed by atoms with Gasteiger partial charge < -0.3 is 28.6 Å². The smallest absolute Gasteiger partial charge is 0.167 e. The number of para-hydroxylation sites is 1. The number of aldehydes is 1. The Morgan fingerprint density at radius 1 is 0.838 bits per heavy atom. The predicted molar refractivity (Wildman–Crippen MR) is 142 cm³/mol. The molecule has 7 nitrogen and oxygen atoms in total. The highest BCUT2D eigenvalue weighted by molar-refractivity contribution is 5.95. The summed E-state index contributed by atoms with van der Waals surface area (Å²) in [6.45, 7) is 0.623. The Kier molecular flexibility index (Phi) is 6.53. The van der Waals surface area contributed by atoms with Crippen LogP contribution in [0.2, 0.25) is 0 Å². The first kappa shape index (κ1) is 24.3. The third kappa shape index (κ3) is 4.06. The van der Waals surface area contributed by atoms with Crippen LogP contribution in [-0.4, -0.2) is 44.4 Å². The number of methoxy groups -OCH3 is 4. The number of phenols is 1. The first-order valence-electron chi connectivity index (χ1n) is 12.0. The molecule has 0 saturated carbocycles. The van der Waals surface area contributed by atoms with Gasteiger partial charge >= 0.3 is 0 Å². The molecule has 37 heavy (non-hydrogen) atoms. The molecule has 0 spiro atoms. The molecule has 1 aromatic heterocycles. The average molecular weight is 500 g/mol. The molecule has 0 aliphatic carbocycles. The lowest BCUT2D eigenvalue weighted by molar-refractivity contribution is 0.111. The van der Waals surface area contributed by atoms with Crippen molar-refractivity contribution in [1.82, 2.24) is 4.57 Å². The van der Waals surface area contributed by atoms with Crippen molar-refractivity contribution >= 4 is 6.29 Å². The van der Waals surface area contributed by atoms with Gasteiger partial charge in [0, 0.05) is 29.7 Å². The second kappa shape index (κ2) is 9.93. The molecule has 1 aliphatic heterocycles. The van der Waals surface area contributed by atoms with Crippen molar-refractivity contribution in [1.29, 1.82) is 0 Å². The fourth-order valence-electron chi connectivity index (χ4n) is 5.29. The van der Waals surface area contributed by atoms with Crippen LogP contribution in [-0.2, 0) is 19.4 Å². The number of phenolic OH excluding ortho intramolecular Hbond substituents is 1. The minimum Gasteiger partial charge on any atom is -0.507 e. The maximum atomic E-state index is 12.6. The molecule has 4 aromatic rings. The average Bonchev–Trinajstić information content (AvgIpc) is 3.25. The monoisotopic (exact) mass is 499 g/mol. The Morgan fingerprint density at radius 2 is 1.51 bits per heavy atom. The van der Waals surface area contributed by atoms with Gasteiger partial charge in [-0.25, -0.2) is 0 Å². The quantitative estimate of drug-likeness (QED) is 0.322. The third-order valence-electron chi connectivity index (χ3n) is 6.99. The minimum absolute atomic E-state index is 0.120. The summed E-state index contributed by atoms with van der Waals surface area (Å²) in [5, 5.41) is 10.8. The van der Waals surface area contributed by atoms with Gasteiger partial charge in [-0.3, -0.25) is 4.79 Å². The van der Waals surface area contributed by atoms with Crippen LogP contribution in [0.1, 0.15) is 27.2 Å². The van der Waals surface area contributed by atoms with Crippen molar-refractivity contribution in [3.8, 4) is 51.1 Å². The molecule has 0 radical (unpaired) electrons. The number of aromatic hydroxyl groups is 1. The molecule has 1 aliphatic rings. The number of hydrogen-bond acceptors (Lipinski definition) is 6. The molecule has 0 saturated heterocycles. The molecule has 3 aromatic carbocycles. The van der Waals surface area contributed by atoms with Crippen molar-refractivity contribution in [2.75, 3.05) is 28.4 Å². The maximum absolute atomic E-state index is 12.6. The number of carbonyl (C=O) groups excluding carboxylic acids is 1. The van der Waals surface area contributed by atoms with Crippen LogP contribution in [0.4, 0.5) is 0 Å². The number of nitrogens with zero attached hydrogens (tertiary/aromatic N) is 1. The molecule has 2 heterocycles. The molecule has 190 valence electrons. The van der Waals surface area contributed by atoms with Gasteiger partial charge in [0.25, 0.3) is 0 Å². The number of hydrogen-bond donors (Lipinski definition) is 1. The topological polar surface area (TPSA) is 79.2 Å². The normalized spacial score (nSPS) is 11.9. The number of aromatic nitrogens is 1. The zero-order chi connectivity index (χ0) is 26.1. The number of rotatable bonds is 8. The van der Waals surface area contributed by atoms with Crippen molar-refractivity contribution in [2.45, 2.75) is 19.4 Å². The highest BCUT2D eigenvalue weighted by Crippen LogP contribution is 2.47. The van der Waals surface area contributed by atoms with Crippen molar-refractivity contribution in [3.63, 3.8) is 0 Å². The van der Waals surface area contributed by atoms with Gasteiger partial charge in [-0.1, -0.05) is 24.3 Å². The zero-order valence-corrected chi connectivity index (χ0v) is 21.3. The minimum atomic E-state index is 0.120. The van der Waals surface area contributed by atoms with Crippen LogP contribution in [0.25, 0.3) is 22.4 Å². The third-order valence-corrected chi connectivity index (χ3v) is 6.99. The molecule has 7 heteroatoms. The molecule has 5 rings (SSSR count). The van der Waals surface area contributed by atoms with Crippen LogP contribution < -0.4 is 18.9 Å². The molecular formula is C30H29NO6. The molecule has 1 N–H and O–H groups in total. The van der Waals surface area contributed by atoms with E-state index in [1.54, 1.807) is 40.6 Å². The van der Waals surface area contributed by atoms with E-state index < -0.39 is 0 Å². The lowest BCUT2D eigenvalue weighted by atomic mass is 9.90. The summed E-state index contributed by atoms with van der Waals surface area (Å²) < 4.78 is 24.2. The van der Waals surface area contributed by atoms with Crippen molar-refractivity contribution < 1.29 is 28.8 Å². The van der Waals surface area contributed by atoms with Gasteiger partial charge in [0.15, 0.2) is 29.3 Å². The van der Waals surface area contributed by atoms with Gasteiger partial charge in [0.05, 0.1) is 39.8 Å². The van der Waals surface area contributed by atoms with E-state index in [-0.39, 0.29) is 5.75 Å². The Bertz CT molecular complexity index is 1490. The van der Waals surface area contributed by atoms with E-state index in [9.17, 15) is 9.90 Å². The molecule has 0 unspecified atom stereocenters. The Labute approximate surface area is 215 Å². The van der Waals surface area contributed by atoms with E-state index >= 15 is 0 Å². The summed E-state index contributed by atoms with van der Waals surface area (Å²) in [6.07, 6.45) is 2.12. The second-order valence-electron chi connectivity index (χ2n) is 8.85. The lowest BCUT2D eigenvalue weighted by Crippen LogP contribution is -2.14. The first-order valence-corrected chi connectivity index (χ1v) is 12.0. The van der Waals surface area contributed by atoms with E-state index in [2.05, 4.69) is 4.57 Å². The lowest BCUT2D eigenvalue weighted by Gasteiger charge is -2.23. The van der Waals surface area contributed by atoms with E-state index in [0.717, 1.165) is 46.2 Å². The number of benzene rings is 3. The van der Waals surface area contributed by atoms with Gasteiger partial charge in [0.2, 0.25) is 0 Å². The van der Waals surface area contributed by atoms with E-state index in [1.165, 1.54) is 0 Å². The van der Waals surface area contributed by atoms with E-state index in [0.29, 0.717) is 47.2 Å². The van der Waals surface area contributed by atoms with Crippen LogP contribution in [0, 0.1) is 0 Å². The van der Waals surface area contributed by atoms with E-state index in [4.69, 9.17) is 18.9 Å². The van der Waals surface area contributed by atoms with Gasteiger partial charge in [-0.2, -0.15) is 0 Å². The van der Waals surface area contributed by atoms with Crippen LogP contribution in [0.15, 0.2) is 54.6 Å². The van der Waals surface area contributed by atoms with Gasteiger partial charge in [0.1, 0.15) is 5.75 Å². The fourth-order valence-corrected chi connectivity index (χ4v) is 5.29. The Morgan fingerprint density at radius 3 is 2.19 bits per heavy atom. The van der Waals surface area contributed by atoms with Crippen LogP contribution in [0.3, 0.4) is 0 Å². The SMILES string of the molecule is COc1ccc(Cc2c(-c3ccccc3O)c(C=O)n3c2-c2cc(OC)c(OC)cc2CC3)cc1OC. The zero-order valence-electron chi connectivity index (χ0n) is 21.3. The Balaban J connectivity index is 1.81. The second-order valence-corrected chi connectivity index (χ2v) is 8.85. The van der Waals surface area contributed by atoms with Gasteiger partial charge in [-0.05, 0) is 53.4 Å². The predicted octanol–water partition coefficient (Wildman–Crippen LogP) is 5.52. The summed E-state index contributed by atoms with van der Waals surface area (Å²) in [7, 11) is 6.45. The van der Waals surface area contributed by atoms with Crippen LogP contribution >= 0.6 is 0 Å². The van der Waals surface area contributed by atoms with Crippen molar-refractivity contribution in [2.24, 2.45) is 0 Å². The number of carbonyl (C=O) groups is 1. The molecule has 0 bridgehead atoms. The van der Waals surface area contributed by atoms with Gasteiger partial charge in [-0.15, -0.1) is 0 Å². The summed E-state index contributed by atoms with van der Waals surface area (Å²) >= 11 is 0. The highest BCUT2D eigenvalue weighted by Gasteiger charge is 2.30.